The molecule has 0 saturated heterocycles. The Morgan fingerprint density at radius 2 is 2.06 bits per heavy atom. The van der Waals surface area contributed by atoms with E-state index in [1.165, 1.54) is 14.2 Å². The van der Waals surface area contributed by atoms with Crippen molar-refractivity contribution in [3.8, 4) is 0 Å². The van der Waals surface area contributed by atoms with Crippen molar-refractivity contribution < 1.29 is 13.6 Å². The normalized spacial score (nSPS) is 29.4. The second-order valence-electron chi connectivity index (χ2n) is 4.49. The van der Waals surface area contributed by atoms with E-state index in [0.717, 1.165) is 12.8 Å². The predicted molar refractivity (Wildman–Crippen MR) is 65.8 cm³/mol. The highest BCUT2D eigenvalue weighted by Gasteiger charge is 2.54. The standard InChI is InChI=1S/C11H22NO3P/c1-6-10-9-11(10,12(2)3)7-8-16(13,14-4)15-5/h6,10H,1,7-9H2,2-5H3/t10-,11-/m1/s1. The molecule has 94 valence electrons. The topological polar surface area (TPSA) is 38.8 Å². The number of rotatable bonds is 7. The highest BCUT2D eigenvalue weighted by Crippen LogP contribution is 2.55. The van der Waals surface area contributed by atoms with Crippen LogP contribution in [-0.4, -0.2) is 44.9 Å². The van der Waals surface area contributed by atoms with Crippen LogP contribution in [0.3, 0.4) is 0 Å². The fourth-order valence-corrected chi connectivity index (χ4v) is 3.41. The number of hydrogen-bond acceptors (Lipinski definition) is 4. The Kier molecular flexibility index (Phi) is 4.35. The molecule has 0 amide bonds. The smallest absolute Gasteiger partial charge is 0.312 e. The molecule has 1 fully saturated rings. The molecule has 2 atom stereocenters. The van der Waals surface area contributed by atoms with Crippen molar-refractivity contribution >= 4 is 7.60 Å². The third-order valence-corrected chi connectivity index (χ3v) is 5.54. The van der Waals surface area contributed by atoms with E-state index >= 15 is 0 Å². The predicted octanol–water partition coefficient (Wildman–Crippen LogP) is 2.37. The second kappa shape index (κ2) is 5.01. The number of hydrogen-bond donors (Lipinski definition) is 0. The van der Waals surface area contributed by atoms with Gasteiger partial charge < -0.3 is 13.9 Å². The maximum Gasteiger partial charge on any atom is 0.330 e. The van der Waals surface area contributed by atoms with Gasteiger partial charge in [-0.15, -0.1) is 6.58 Å². The van der Waals surface area contributed by atoms with Gasteiger partial charge in [0.15, 0.2) is 0 Å². The van der Waals surface area contributed by atoms with Crippen LogP contribution in [0.1, 0.15) is 12.8 Å². The van der Waals surface area contributed by atoms with Gasteiger partial charge >= 0.3 is 7.60 Å². The van der Waals surface area contributed by atoms with Crippen LogP contribution in [0.5, 0.6) is 0 Å². The lowest BCUT2D eigenvalue weighted by atomic mass is 10.1. The van der Waals surface area contributed by atoms with Crippen molar-refractivity contribution in [1.82, 2.24) is 4.90 Å². The maximum absolute atomic E-state index is 12.0. The minimum absolute atomic E-state index is 0.106. The largest absolute Gasteiger partial charge is 0.330 e. The molecule has 0 aliphatic heterocycles. The third kappa shape index (κ3) is 2.57. The van der Waals surface area contributed by atoms with Crippen LogP contribution in [0.4, 0.5) is 0 Å². The second-order valence-corrected chi connectivity index (χ2v) is 6.89. The first kappa shape index (κ1) is 13.9. The van der Waals surface area contributed by atoms with Gasteiger partial charge in [-0.25, -0.2) is 0 Å². The molecule has 5 heteroatoms. The van der Waals surface area contributed by atoms with Crippen LogP contribution in [0, 0.1) is 5.92 Å². The molecular weight excluding hydrogens is 225 g/mol. The van der Waals surface area contributed by atoms with E-state index in [2.05, 4.69) is 11.5 Å². The fourth-order valence-electron chi connectivity index (χ4n) is 2.24. The van der Waals surface area contributed by atoms with Gasteiger partial charge in [0.05, 0.1) is 6.16 Å². The summed E-state index contributed by atoms with van der Waals surface area (Å²) in [4.78, 5) is 2.19. The summed E-state index contributed by atoms with van der Waals surface area (Å²) >= 11 is 0. The van der Waals surface area contributed by atoms with Gasteiger partial charge in [0, 0.05) is 19.8 Å². The van der Waals surface area contributed by atoms with E-state index < -0.39 is 7.60 Å². The third-order valence-electron chi connectivity index (χ3n) is 3.65. The van der Waals surface area contributed by atoms with Crippen molar-refractivity contribution in [3.05, 3.63) is 12.7 Å². The van der Waals surface area contributed by atoms with Crippen molar-refractivity contribution in [2.24, 2.45) is 5.92 Å². The summed E-state index contributed by atoms with van der Waals surface area (Å²) in [5.74, 6) is 0.490. The molecule has 1 rings (SSSR count). The molecule has 0 aromatic rings. The van der Waals surface area contributed by atoms with Crippen molar-refractivity contribution in [3.63, 3.8) is 0 Å². The van der Waals surface area contributed by atoms with E-state index in [1.807, 2.05) is 20.2 Å². The van der Waals surface area contributed by atoms with Gasteiger partial charge in [-0.3, -0.25) is 4.57 Å². The van der Waals surface area contributed by atoms with Crippen molar-refractivity contribution in [1.29, 1.82) is 0 Å². The van der Waals surface area contributed by atoms with Crippen LogP contribution in [0.25, 0.3) is 0 Å². The van der Waals surface area contributed by atoms with Crippen LogP contribution >= 0.6 is 7.60 Å². The Bertz CT molecular complexity index is 298. The number of nitrogens with zero attached hydrogens (tertiary/aromatic N) is 1. The van der Waals surface area contributed by atoms with Gasteiger partial charge in [0.2, 0.25) is 0 Å². The van der Waals surface area contributed by atoms with Crippen LogP contribution in [0.15, 0.2) is 12.7 Å². The van der Waals surface area contributed by atoms with E-state index in [-0.39, 0.29) is 5.54 Å². The lowest BCUT2D eigenvalue weighted by Crippen LogP contribution is -2.33. The van der Waals surface area contributed by atoms with Crippen LogP contribution < -0.4 is 0 Å². The lowest BCUT2D eigenvalue weighted by Gasteiger charge is -2.26. The van der Waals surface area contributed by atoms with Crippen LogP contribution in [0.2, 0.25) is 0 Å². The molecular formula is C11H22NO3P. The summed E-state index contributed by atoms with van der Waals surface area (Å²) in [6.45, 7) is 3.83. The zero-order chi connectivity index (χ0) is 12.4. The highest BCUT2D eigenvalue weighted by molar-refractivity contribution is 7.53. The molecule has 16 heavy (non-hydrogen) atoms. The zero-order valence-corrected chi connectivity index (χ0v) is 11.5. The minimum Gasteiger partial charge on any atom is -0.312 e. The monoisotopic (exact) mass is 247 g/mol. The average molecular weight is 247 g/mol. The average Bonchev–Trinajstić information content (AvgIpc) is 3.01. The molecule has 0 heterocycles. The van der Waals surface area contributed by atoms with E-state index in [0.29, 0.717) is 12.1 Å². The van der Waals surface area contributed by atoms with Crippen molar-refractivity contribution in [2.75, 3.05) is 34.5 Å². The molecule has 0 N–H and O–H groups in total. The maximum atomic E-state index is 12.0. The molecule has 1 saturated carbocycles. The van der Waals surface area contributed by atoms with Crippen LogP contribution in [-0.2, 0) is 13.6 Å². The Morgan fingerprint density at radius 3 is 2.38 bits per heavy atom. The minimum atomic E-state index is -2.88. The van der Waals surface area contributed by atoms with Gasteiger partial charge in [0.1, 0.15) is 0 Å². The quantitative estimate of drug-likeness (QED) is 0.511. The zero-order valence-electron chi connectivity index (χ0n) is 10.6. The first-order chi connectivity index (χ1) is 7.44. The Hall–Kier alpha value is -0.150. The highest BCUT2D eigenvalue weighted by atomic mass is 31.2. The molecule has 0 unspecified atom stereocenters. The van der Waals surface area contributed by atoms with Gasteiger partial charge in [-0.2, -0.15) is 0 Å². The summed E-state index contributed by atoms with van der Waals surface area (Å²) in [5.41, 5.74) is 0.106. The van der Waals surface area contributed by atoms with E-state index in [1.54, 1.807) is 0 Å². The van der Waals surface area contributed by atoms with Gasteiger partial charge in [0.25, 0.3) is 0 Å². The van der Waals surface area contributed by atoms with E-state index in [4.69, 9.17) is 9.05 Å². The van der Waals surface area contributed by atoms with Gasteiger partial charge in [-0.05, 0) is 32.9 Å². The Balaban J connectivity index is 2.60. The molecule has 4 nitrogen and oxygen atoms in total. The molecule has 0 radical (unpaired) electrons. The summed E-state index contributed by atoms with van der Waals surface area (Å²) in [7, 11) is 4.09. The molecule has 0 aromatic carbocycles. The van der Waals surface area contributed by atoms with E-state index in [9.17, 15) is 4.57 Å². The SMILES string of the molecule is C=C[C@@H]1C[C@@]1(CCP(=O)(OC)OC)N(C)C. The first-order valence-electron chi connectivity index (χ1n) is 5.44. The molecule has 0 aromatic heterocycles. The Labute approximate surface area is 98.1 Å². The molecule has 0 spiro atoms. The lowest BCUT2D eigenvalue weighted by molar-refractivity contribution is 0.236. The first-order valence-corrected chi connectivity index (χ1v) is 7.17. The molecule has 1 aliphatic carbocycles. The summed E-state index contributed by atoms with van der Waals surface area (Å²) < 4.78 is 21.8. The van der Waals surface area contributed by atoms with Crippen molar-refractivity contribution in [2.45, 2.75) is 18.4 Å². The molecule has 0 bridgehead atoms. The molecule has 1 aliphatic rings. The van der Waals surface area contributed by atoms with Gasteiger partial charge in [-0.1, -0.05) is 6.08 Å². The Morgan fingerprint density at radius 1 is 1.50 bits per heavy atom. The summed E-state index contributed by atoms with van der Waals surface area (Å²) in [6, 6.07) is 0. The summed E-state index contributed by atoms with van der Waals surface area (Å²) in [6.07, 6.45) is 4.33. The summed E-state index contributed by atoms with van der Waals surface area (Å²) in [5, 5.41) is 0. The fraction of sp³-hybridized carbons (Fsp3) is 0.818.